The summed E-state index contributed by atoms with van der Waals surface area (Å²) in [4.78, 5) is 10.5. The zero-order valence-corrected chi connectivity index (χ0v) is 11.5. The van der Waals surface area contributed by atoms with E-state index in [0.717, 1.165) is 23.3 Å². The normalized spacial score (nSPS) is 10.2. The van der Waals surface area contributed by atoms with Gasteiger partial charge < -0.3 is 9.84 Å². The number of aryl methyl sites for hydroxylation is 1. The molecule has 0 saturated carbocycles. The highest BCUT2D eigenvalue weighted by atomic mass is 16.5. The van der Waals surface area contributed by atoms with Crippen molar-refractivity contribution in [3.05, 3.63) is 54.1 Å². The number of carboxylic acids is 1. The molecule has 3 nitrogen and oxygen atoms in total. The fraction of sp³-hybridized carbons (Fsp3) is 0.235. The molecule has 0 bridgehead atoms. The van der Waals surface area contributed by atoms with Crippen molar-refractivity contribution in [3.8, 4) is 16.9 Å². The topological polar surface area (TPSA) is 46.5 Å². The molecule has 0 spiro atoms. The van der Waals surface area contributed by atoms with Gasteiger partial charge in [-0.1, -0.05) is 36.4 Å². The maximum Gasteiger partial charge on any atom is 0.303 e. The van der Waals surface area contributed by atoms with Crippen LogP contribution in [0, 0.1) is 0 Å². The summed E-state index contributed by atoms with van der Waals surface area (Å²) in [5.74, 6) is 0.110. The standard InChI is InChI=1S/C17H18O3/c1-20-16-11-9-15(10-12-16)14-7-5-13(6-8-14)3-2-4-17(18)19/h5-12H,2-4H2,1H3,(H,18,19). The molecule has 2 aromatic carbocycles. The van der Waals surface area contributed by atoms with Gasteiger partial charge in [-0.15, -0.1) is 0 Å². The summed E-state index contributed by atoms with van der Waals surface area (Å²) in [6.45, 7) is 0. The molecule has 0 aliphatic heterocycles. The molecule has 104 valence electrons. The van der Waals surface area contributed by atoms with Crippen LogP contribution in [0.2, 0.25) is 0 Å². The molecule has 0 fully saturated rings. The Morgan fingerprint density at radius 2 is 1.55 bits per heavy atom. The monoisotopic (exact) mass is 270 g/mol. The molecule has 0 radical (unpaired) electrons. The maximum absolute atomic E-state index is 10.5. The highest BCUT2D eigenvalue weighted by Gasteiger charge is 2.01. The van der Waals surface area contributed by atoms with E-state index in [4.69, 9.17) is 9.84 Å². The van der Waals surface area contributed by atoms with E-state index in [0.29, 0.717) is 6.42 Å². The fourth-order valence-electron chi connectivity index (χ4n) is 2.09. The number of hydrogen-bond acceptors (Lipinski definition) is 2. The SMILES string of the molecule is COc1ccc(-c2ccc(CCCC(=O)O)cc2)cc1. The Balaban J connectivity index is 2.01. The lowest BCUT2D eigenvalue weighted by Crippen LogP contribution is -1.95. The van der Waals surface area contributed by atoms with Crippen molar-refractivity contribution in [1.82, 2.24) is 0 Å². The molecule has 0 aromatic heterocycles. The van der Waals surface area contributed by atoms with Gasteiger partial charge >= 0.3 is 5.97 Å². The molecule has 3 heteroatoms. The largest absolute Gasteiger partial charge is 0.497 e. The van der Waals surface area contributed by atoms with Gasteiger partial charge in [0.15, 0.2) is 0 Å². The number of ether oxygens (including phenoxy) is 1. The predicted molar refractivity (Wildman–Crippen MR) is 79.0 cm³/mol. The Kier molecular flexibility index (Phi) is 4.77. The number of carboxylic acid groups (broad SMARTS) is 1. The predicted octanol–water partition coefficient (Wildman–Crippen LogP) is 3.77. The molecule has 2 rings (SSSR count). The van der Waals surface area contributed by atoms with E-state index < -0.39 is 5.97 Å². The molecule has 20 heavy (non-hydrogen) atoms. The summed E-state index contributed by atoms with van der Waals surface area (Å²) in [7, 11) is 1.65. The fourth-order valence-corrected chi connectivity index (χ4v) is 2.09. The van der Waals surface area contributed by atoms with Crippen LogP contribution in [0.15, 0.2) is 48.5 Å². The van der Waals surface area contributed by atoms with E-state index >= 15 is 0 Å². The average molecular weight is 270 g/mol. The summed E-state index contributed by atoms with van der Waals surface area (Å²) in [6, 6.07) is 16.2. The number of carbonyl (C=O) groups is 1. The van der Waals surface area contributed by atoms with E-state index in [1.165, 1.54) is 5.56 Å². The van der Waals surface area contributed by atoms with Crippen LogP contribution in [0.25, 0.3) is 11.1 Å². The van der Waals surface area contributed by atoms with Crippen LogP contribution in [-0.2, 0) is 11.2 Å². The van der Waals surface area contributed by atoms with Crippen molar-refractivity contribution < 1.29 is 14.6 Å². The van der Waals surface area contributed by atoms with Crippen LogP contribution in [0.1, 0.15) is 18.4 Å². The summed E-state index contributed by atoms with van der Waals surface area (Å²) in [6.07, 6.45) is 1.70. The Morgan fingerprint density at radius 1 is 1.00 bits per heavy atom. The highest BCUT2D eigenvalue weighted by molar-refractivity contribution is 5.66. The zero-order valence-electron chi connectivity index (χ0n) is 11.5. The van der Waals surface area contributed by atoms with Crippen LogP contribution >= 0.6 is 0 Å². The van der Waals surface area contributed by atoms with Gasteiger partial charge in [0.2, 0.25) is 0 Å². The van der Waals surface area contributed by atoms with E-state index in [9.17, 15) is 4.79 Å². The van der Waals surface area contributed by atoms with Crippen molar-refractivity contribution in [1.29, 1.82) is 0 Å². The maximum atomic E-state index is 10.5. The number of hydrogen-bond donors (Lipinski definition) is 1. The molecule has 1 N–H and O–H groups in total. The van der Waals surface area contributed by atoms with Gasteiger partial charge in [-0.2, -0.15) is 0 Å². The minimum Gasteiger partial charge on any atom is -0.497 e. The first-order chi connectivity index (χ1) is 9.69. The van der Waals surface area contributed by atoms with Crippen LogP contribution in [0.4, 0.5) is 0 Å². The highest BCUT2D eigenvalue weighted by Crippen LogP contribution is 2.23. The Morgan fingerprint density at radius 3 is 2.05 bits per heavy atom. The Bertz CT molecular complexity index is 556. The summed E-state index contributed by atoms with van der Waals surface area (Å²) in [5.41, 5.74) is 3.46. The molecule has 0 atom stereocenters. The van der Waals surface area contributed by atoms with Crippen molar-refractivity contribution in [3.63, 3.8) is 0 Å². The molecule has 0 saturated heterocycles. The summed E-state index contributed by atoms with van der Waals surface area (Å²) < 4.78 is 5.14. The first-order valence-electron chi connectivity index (χ1n) is 6.64. The molecule has 0 amide bonds. The Hall–Kier alpha value is -2.29. The van der Waals surface area contributed by atoms with Crippen molar-refractivity contribution in [2.75, 3.05) is 7.11 Å². The molecule has 0 aliphatic carbocycles. The van der Waals surface area contributed by atoms with Crippen LogP contribution in [0.5, 0.6) is 5.75 Å². The minimum absolute atomic E-state index is 0.222. The number of benzene rings is 2. The number of rotatable bonds is 6. The van der Waals surface area contributed by atoms with Gasteiger partial charge in [0.25, 0.3) is 0 Å². The molecular formula is C17H18O3. The first-order valence-corrected chi connectivity index (χ1v) is 6.64. The average Bonchev–Trinajstić information content (AvgIpc) is 2.48. The van der Waals surface area contributed by atoms with E-state index in [1.807, 2.05) is 24.3 Å². The van der Waals surface area contributed by atoms with Crippen LogP contribution in [0.3, 0.4) is 0 Å². The molecule has 0 aliphatic rings. The van der Waals surface area contributed by atoms with Gasteiger partial charge in [0.05, 0.1) is 7.11 Å². The van der Waals surface area contributed by atoms with E-state index in [-0.39, 0.29) is 6.42 Å². The number of aliphatic carboxylic acids is 1. The second-order valence-corrected chi connectivity index (χ2v) is 4.67. The lowest BCUT2D eigenvalue weighted by atomic mass is 10.0. The second kappa shape index (κ2) is 6.75. The Labute approximate surface area is 118 Å². The van der Waals surface area contributed by atoms with Crippen LogP contribution < -0.4 is 4.74 Å². The molecular weight excluding hydrogens is 252 g/mol. The molecule has 0 unspecified atom stereocenters. The van der Waals surface area contributed by atoms with Crippen molar-refractivity contribution >= 4 is 5.97 Å². The van der Waals surface area contributed by atoms with Gasteiger partial charge in [-0.25, -0.2) is 0 Å². The second-order valence-electron chi connectivity index (χ2n) is 4.67. The third-order valence-corrected chi connectivity index (χ3v) is 3.23. The van der Waals surface area contributed by atoms with Gasteiger partial charge in [-0.05, 0) is 41.7 Å². The lowest BCUT2D eigenvalue weighted by Gasteiger charge is -2.05. The summed E-state index contributed by atoms with van der Waals surface area (Å²) >= 11 is 0. The quantitative estimate of drug-likeness (QED) is 0.869. The zero-order chi connectivity index (χ0) is 14.4. The molecule has 2 aromatic rings. The molecule has 0 heterocycles. The van der Waals surface area contributed by atoms with Crippen molar-refractivity contribution in [2.24, 2.45) is 0 Å². The third-order valence-electron chi connectivity index (χ3n) is 3.23. The smallest absolute Gasteiger partial charge is 0.303 e. The van der Waals surface area contributed by atoms with Gasteiger partial charge in [0.1, 0.15) is 5.75 Å². The van der Waals surface area contributed by atoms with Crippen LogP contribution in [-0.4, -0.2) is 18.2 Å². The van der Waals surface area contributed by atoms with E-state index in [2.05, 4.69) is 24.3 Å². The van der Waals surface area contributed by atoms with Gasteiger partial charge in [-0.3, -0.25) is 4.79 Å². The van der Waals surface area contributed by atoms with Crippen molar-refractivity contribution in [2.45, 2.75) is 19.3 Å². The lowest BCUT2D eigenvalue weighted by molar-refractivity contribution is -0.137. The van der Waals surface area contributed by atoms with E-state index in [1.54, 1.807) is 7.11 Å². The first kappa shape index (κ1) is 14.1. The van der Waals surface area contributed by atoms with Gasteiger partial charge in [0, 0.05) is 6.42 Å². The number of methoxy groups -OCH3 is 1. The third kappa shape index (κ3) is 3.85. The minimum atomic E-state index is -0.736. The summed E-state index contributed by atoms with van der Waals surface area (Å²) in [5, 5.41) is 8.62.